The third-order valence-corrected chi connectivity index (χ3v) is 4.13. The molecule has 0 N–H and O–H groups in total. The zero-order valence-corrected chi connectivity index (χ0v) is 9.31. The first-order chi connectivity index (χ1) is 6.36. The van der Waals surface area contributed by atoms with E-state index in [9.17, 15) is 0 Å². The van der Waals surface area contributed by atoms with E-state index in [2.05, 4.69) is 17.5 Å². The Morgan fingerprint density at radius 3 is 2.38 bits per heavy atom. The molecule has 1 atom stereocenters. The number of hydrogen-bond acceptors (Lipinski definition) is 2. The number of rotatable bonds is 2. The molecule has 0 radical (unpaired) electrons. The third-order valence-electron chi connectivity index (χ3n) is 3.55. The van der Waals surface area contributed by atoms with Gasteiger partial charge in [-0.05, 0) is 38.1 Å². The van der Waals surface area contributed by atoms with Crippen LogP contribution in [0.4, 0.5) is 0 Å². The Morgan fingerprint density at radius 1 is 1.00 bits per heavy atom. The average Bonchev–Trinajstić information content (AvgIpc) is 2.54. The van der Waals surface area contributed by atoms with Crippen molar-refractivity contribution in [1.82, 2.24) is 4.90 Å². The van der Waals surface area contributed by atoms with Crippen molar-refractivity contribution in [3.8, 4) is 0 Å². The van der Waals surface area contributed by atoms with Crippen LogP contribution in [0.1, 0.15) is 44.9 Å². The molecular formula is C11H21NS. The molecule has 2 heteroatoms. The van der Waals surface area contributed by atoms with E-state index in [0.717, 1.165) is 5.92 Å². The molecule has 1 heterocycles. The van der Waals surface area contributed by atoms with Crippen molar-refractivity contribution in [2.45, 2.75) is 50.3 Å². The summed E-state index contributed by atoms with van der Waals surface area (Å²) in [6, 6.07) is 0. The summed E-state index contributed by atoms with van der Waals surface area (Å²) in [4.78, 5) is 2.58. The molecule has 0 bridgehead atoms. The van der Waals surface area contributed by atoms with E-state index in [1.54, 1.807) is 0 Å². The summed E-state index contributed by atoms with van der Waals surface area (Å²) in [5, 5.41) is 0.571. The van der Waals surface area contributed by atoms with Gasteiger partial charge in [-0.2, -0.15) is 12.6 Å². The SMILES string of the molecule is SC1CCCN1CC1CCCCC1. The lowest BCUT2D eigenvalue weighted by Gasteiger charge is -2.28. The zero-order valence-electron chi connectivity index (χ0n) is 8.41. The number of nitrogens with zero attached hydrogens (tertiary/aromatic N) is 1. The monoisotopic (exact) mass is 199 g/mol. The van der Waals surface area contributed by atoms with Gasteiger partial charge in [0.15, 0.2) is 0 Å². The van der Waals surface area contributed by atoms with Crippen LogP contribution in [0.5, 0.6) is 0 Å². The molecule has 1 nitrogen and oxygen atoms in total. The Labute approximate surface area is 87.3 Å². The molecule has 0 aromatic carbocycles. The first-order valence-corrected chi connectivity index (χ1v) is 6.30. The number of likely N-dealkylation sites (tertiary alicyclic amines) is 1. The normalized spacial score (nSPS) is 32.5. The van der Waals surface area contributed by atoms with Crippen molar-refractivity contribution in [1.29, 1.82) is 0 Å². The van der Waals surface area contributed by atoms with E-state index in [4.69, 9.17) is 0 Å². The van der Waals surface area contributed by atoms with Gasteiger partial charge in [0.1, 0.15) is 0 Å². The molecule has 0 amide bonds. The van der Waals surface area contributed by atoms with E-state index >= 15 is 0 Å². The van der Waals surface area contributed by atoms with E-state index in [-0.39, 0.29) is 0 Å². The van der Waals surface area contributed by atoms with Gasteiger partial charge in [0.25, 0.3) is 0 Å². The van der Waals surface area contributed by atoms with Gasteiger partial charge >= 0.3 is 0 Å². The number of hydrogen-bond donors (Lipinski definition) is 1. The van der Waals surface area contributed by atoms with E-state index < -0.39 is 0 Å². The van der Waals surface area contributed by atoms with Crippen molar-refractivity contribution >= 4 is 12.6 Å². The van der Waals surface area contributed by atoms with Gasteiger partial charge < -0.3 is 0 Å². The second-order valence-corrected chi connectivity index (χ2v) is 5.22. The fourth-order valence-electron chi connectivity index (χ4n) is 2.72. The molecule has 0 aromatic heterocycles. The predicted molar refractivity (Wildman–Crippen MR) is 60.2 cm³/mol. The van der Waals surface area contributed by atoms with Crippen molar-refractivity contribution in [2.24, 2.45) is 5.92 Å². The fraction of sp³-hybridized carbons (Fsp3) is 1.00. The molecule has 1 aliphatic carbocycles. The summed E-state index contributed by atoms with van der Waals surface area (Å²) in [6.07, 6.45) is 10.0. The van der Waals surface area contributed by atoms with Crippen LogP contribution in [-0.4, -0.2) is 23.4 Å². The minimum atomic E-state index is 0.571. The highest BCUT2D eigenvalue weighted by Gasteiger charge is 2.24. The maximum atomic E-state index is 4.61. The Balaban J connectivity index is 1.75. The summed E-state index contributed by atoms with van der Waals surface area (Å²) >= 11 is 4.61. The molecule has 0 spiro atoms. The molecule has 1 aliphatic heterocycles. The molecule has 2 fully saturated rings. The summed E-state index contributed by atoms with van der Waals surface area (Å²) in [5.74, 6) is 0.987. The molecule has 1 saturated carbocycles. The highest BCUT2D eigenvalue weighted by molar-refractivity contribution is 7.80. The van der Waals surface area contributed by atoms with Crippen LogP contribution < -0.4 is 0 Å². The van der Waals surface area contributed by atoms with E-state index in [1.165, 1.54) is 58.0 Å². The Bertz CT molecular complexity index is 154. The highest BCUT2D eigenvalue weighted by atomic mass is 32.1. The van der Waals surface area contributed by atoms with Crippen LogP contribution >= 0.6 is 12.6 Å². The highest BCUT2D eigenvalue weighted by Crippen LogP contribution is 2.28. The molecule has 2 rings (SSSR count). The first-order valence-electron chi connectivity index (χ1n) is 5.78. The van der Waals surface area contributed by atoms with Crippen molar-refractivity contribution < 1.29 is 0 Å². The zero-order chi connectivity index (χ0) is 9.10. The van der Waals surface area contributed by atoms with E-state index in [0.29, 0.717) is 5.37 Å². The minimum Gasteiger partial charge on any atom is -0.291 e. The average molecular weight is 199 g/mol. The molecule has 13 heavy (non-hydrogen) atoms. The quantitative estimate of drug-likeness (QED) is 0.669. The molecule has 1 saturated heterocycles. The van der Waals surface area contributed by atoms with Crippen molar-refractivity contribution in [3.05, 3.63) is 0 Å². The molecule has 0 aromatic rings. The Hall–Kier alpha value is 0.310. The fourth-order valence-corrected chi connectivity index (χ4v) is 3.12. The second kappa shape index (κ2) is 4.70. The maximum Gasteiger partial charge on any atom is 0.0528 e. The van der Waals surface area contributed by atoms with Crippen molar-refractivity contribution in [3.63, 3.8) is 0 Å². The molecular weight excluding hydrogens is 178 g/mol. The lowest BCUT2D eigenvalue weighted by Crippen LogP contribution is -2.31. The first kappa shape index (κ1) is 9.85. The van der Waals surface area contributed by atoms with Gasteiger partial charge in [-0.1, -0.05) is 19.3 Å². The van der Waals surface area contributed by atoms with Crippen LogP contribution in [0.3, 0.4) is 0 Å². The third kappa shape index (κ3) is 2.63. The van der Waals surface area contributed by atoms with Gasteiger partial charge in [-0.15, -0.1) is 0 Å². The maximum absolute atomic E-state index is 4.61. The standard InChI is InChI=1S/C11H21NS/c13-11-7-4-8-12(11)9-10-5-2-1-3-6-10/h10-11,13H,1-9H2. The second-order valence-electron chi connectivity index (χ2n) is 4.62. The van der Waals surface area contributed by atoms with Gasteiger partial charge in [-0.25, -0.2) is 0 Å². The van der Waals surface area contributed by atoms with Gasteiger partial charge in [0.05, 0.1) is 5.37 Å². The van der Waals surface area contributed by atoms with Gasteiger partial charge in [0.2, 0.25) is 0 Å². The largest absolute Gasteiger partial charge is 0.291 e. The van der Waals surface area contributed by atoms with Crippen LogP contribution in [-0.2, 0) is 0 Å². The Kier molecular flexibility index (Phi) is 3.56. The molecule has 76 valence electrons. The predicted octanol–water partition coefficient (Wildman–Crippen LogP) is 2.92. The van der Waals surface area contributed by atoms with Crippen LogP contribution in [0.15, 0.2) is 0 Å². The molecule has 1 unspecified atom stereocenters. The van der Waals surface area contributed by atoms with Crippen LogP contribution in [0.2, 0.25) is 0 Å². The van der Waals surface area contributed by atoms with Gasteiger partial charge in [0, 0.05) is 6.54 Å². The summed E-state index contributed by atoms with van der Waals surface area (Å²) in [7, 11) is 0. The Morgan fingerprint density at radius 2 is 1.77 bits per heavy atom. The summed E-state index contributed by atoms with van der Waals surface area (Å²) in [6.45, 7) is 2.62. The topological polar surface area (TPSA) is 3.24 Å². The van der Waals surface area contributed by atoms with Crippen LogP contribution in [0.25, 0.3) is 0 Å². The van der Waals surface area contributed by atoms with Crippen molar-refractivity contribution in [2.75, 3.05) is 13.1 Å². The van der Waals surface area contributed by atoms with E-state index in [1.807, 2.05) is 0 Å². The lowest BCUT2D eigenvalue weighted by atomic mass is 9.89. The summed E-state index contributed by atoms with van der Waals surface area (Å²) in [5.41, 5.74) is 0. The summed E-state index contributed by atoms with van der Waals surface area (Å²) < 4.78 is 0. The minimum absolute atomic E-state index is 0.571. The smallest absolute Gasteiger partial charge is 0.0528 e. The van der Waals surface area contributed by atoms with Crippen LogP contribution in [0, 0.1) is 5.92 Å². The van der Waals surface area contributed by atoms with Gasteiger partial charge in [-0.3, -0.25) is 4.90 Å². The number of thiol groups is 1. The lowest BCUT2D eigenvalue weighted by molar-refractivity contribution is 0.223. The molecule has 2 aliphatic rings.